The summed E-state index contributed by atoms with van der Waals surface area (Å²) < 4.78 is 16.7. The van der Waals surface area contributed by atoms with Gasteiger partial charge in [-0.1, -0.05) is 26.8 Å². The lowest BCUT2D eigenvalue weighted by molar-refractivity contribution is 0.0947. The Kier molecular flexibility index (Phi) is 7.65. The van der Waals surface area contributed by atoms with Crippen LogP contribution < -0.4 is 14.8 Å². The van der Waals surface area contributed by atoms with Crippen LogP contribution in [0.25, 0.3) is 0 Å². The van der Waals surface area contributed by atoms with Gasteiger partial charge in [0.05, 0.1) is 32.1 Å². The summed E-state index contributed by atoms with van der Waals surface area (Å²) in [5.74, 6) is 2.49. The predicted molar refractivity (Wildman–Crippen MR) is 141 cm³/mol. The van der Waals surface area contributed by atoms with Gasteiger partial charge in [0.15, 0.2) is 11.5 Å². The van der Waals surface area contributed by atoms with Crippen LogP contribution in [0, 0.1) is 11.3 Å². The van der Waals surface area contributed by atoms with E-state index in [4.69, 9.17) is 18.9 Å². The molecule has 3 aromatic rings. The molecule has 1 amide bonds. The van der Waals surface area contributed by atoms with Crippen LogP contribution in [0.3, 0.4) is 0 Å². The predicted octanol–water partition coefficient (Wildman–Crippen LogP) is 6.58. The molecule has 6 nitrogen and oxygen atoms in total. The van der Waals surface area contributed by atoms with E-state index in [9.17, 15) is 4.79 Å². The lowest BCUT2D eigenvalue weighted by Crippen LogP contribution is -2.28. The molecule has 2 aromatic heterocycles. The van der Waals surface area contributed by atoms with Crippen LogP contribution >= 0.6 is 11.3 Å². The second-order valence-electron chi connectivity index (χ2n) is 9.82. The summed E-state index contributed by atoms with van der Waals surface area (Å²) in [4.78, 5) is 19.5. The van der Waals surface area contributed by atoms with Crippen molar-refractivity contribution in [2.75, 3.05) is 13.7 Å². The minimum Gasteiger partial charge on any atom is -0.493 e. The van der Waals surface area contributed by atoms with Crippen molar-refractivity contribution in [1.29, 1.82) is 0 Å². The van der Waals surface area contributed by atoms with Crippen LogP contribution in [0.5, 0.6) is 11.5 Å². The number of benzene rings is 1. The van der Waals surface area contributed by atoms with Crippen molar-refractivity contribution in [1.82, 2.24) is 5.32 Å². The highest BCUT2D eigenvalue weighted by molar-refractivity contribution is 7.16. The standard InChI is InChI=1S/C28H34N2O4S/c1-6-33-25-18(9-7-11-22(25)32-5)16-30-27-24(26(31)29-17-20-10-8-14-34-20)21-13-12-19(28(2,3)4)15-23(21)35-27/h7-11,14,16,19H,6,12-13,15,17H2,1-5H3,(H,29,31)/t19-/m0/s1. The first-order valence-corrected chi connectivity index (χ1v) is 12.9. The van der Waals surface area contributed by atoms with Gasteiger partial charge in [-0.25, -0.2) is 4.99 Å². The monoisotopic (exact) mass is 494 g/mol. The summed E-state index contributed by atoms with van der Waals surface area (Å²) in [6.45, 7) is 9.69. The third kappa shape index (κ3) is 5.61. The van der Waals surface area contributed by atoms with E-state index in [1.54, 1.807) is 30.9 Å². The summed E-state index contributed by atoms with van der Waals surface area (Å²) in [5.41, 5.74) is 2.85. The fourth-order valence-electron chi connectivity index (χ4n) is 4.53. The van der Waals surface area contributed by atoms with Crippen LogP contribution in [0.15, 0.2) is 46.0 Å². The topological polar surface area (TPSA) is 73.1 Å². The normalized spacial score (nSPS) is 15.7. The highest BCUT2D eigenvalue weighted by atomic mass is 32.1. The summed E-state index contributed by atoms with van der Waals surface area (Å²) in [7, 11) is 1.62. The second kappa shape index (κ2) is 10.7. The number of furan rings is 1. The van der Waals surface area contributed by atoms with Gasteiger partial charge in [0.25, 0.3) is 5.91 Å². The largest absolute Gasteiger partial charge is 0.493 e. The number of nitrogens with zero attached hydrogens (tertiary/aromatic N) is 1. The Balaban J connectivity index is 1.69. The minimum absolute atomic E-state index is 0.115. The van der Waals surface area contributed by atoms with Crippen LogP contribution in [-0.2, 0) is 19.4 Å². The summed E-state index contributed by atoms with van der Waals surface area (Å²) in [5, 5.41) is 3.75. The third-order valence-electron chi connectivity index (χ3n) is 6.54. The Hall–Kier alpha value is -3.06. The molecule has 1 aliphatic rings. The molecule has 1 atom stereocenters. The molecule has 1 N–H and O–H groups in total. The lowest BCUT2D eigenvalue weighted by Gasteiger charge is -2.33. The fourth-order valence-corrected chi connectivity index (χ4v) is 5.80. The molecule has 0 fully saturated rings. The van der Waals surface area contributed by atoms with Gasteiger partial charge >= 0.3 is 0 Å². The first-order chi connectivity index (χ1) is 16.8. The van der Waals surface area contributed by atoms with Crippen molar-refractivity contribution < 1.29 is 18.7 Å². The van der Waals surface area contributed by atoms with Gasteiger partial charge in [0.1, 0.15) is 10.8 Å². The number of amides is 1. The number of nitrogens with one attached hydrogen (secondary N) is 1. The average molecular weight is 495 g/mol. The van der Waals surface area contributed by atoms with Crippen LogP contribution in [0.2, 0.25) is 0 Å². The van der Waals surface area contributed by atoms with E-state index in [2.05, 4.69) is 26.1 Å². The fraction of sp³-hybridized carbons (Fsp3) is 0.429. The van der Waals surface area contributed by atoms with Gasteiger partial charge < -0.3 is 19.2 Å². The van der Waals surface area contributed by atoms with Crippen LogP contribution in [0.1, 0.15) is 66.2 Å². The molecule has 0 bridgehead atoms. The van der Waals surface area contributed by atoms with Gasteiger partial charge in [0, 0.05) is 16.7 Å². The minimum atomic E-state index is -0.115. The molecule has 186 valence electrons. The number of methoxy groups -OCH3 is 1. The molecule has 7 heteroatoms. The molecule has 0 unspecified atom stereocenters. The Bertz CT molecular complexity index is 1190. The van der Waals surface area contributed by atoms with E-state index in [-0.39, 0.29) is 11.3 Å². The number of carbonyl (C=O) groups excluding carboxylic acids is 1. The zero-order valence-electron chi connectivity index (χ0n) is 21.1. The molecule has 2 heterocycles. The highest BCUT2D eigenvalue weighted by Crippen LogP contribution is 2.45. The van der Waals surface area contributed by atoms with E-state index in [0.29, 0.717) is 36.1 Å². The number of rotatable bonds is 8. The summed E-state index contributed by atoms with van der Waals surface area (Å²) in [6, 6.07) is 9.39. The van der Waals surface area contributed by atoms with Gasteiger partial charge in [-0.15, -0.1) is 11.3 Å². The molecule has 0 aliphatic heterocycles. The molecule has 1 aromatic carbocycles. The summed E-state index contributed by atoms with van der Waals surface area (Å²) in [6.07, 6.45) is 6.31. The number of aliphatic imine (C=N–C) groups is 1. The first-order valence-electron chi connectivity index (χ1n) is 12.1. The molecule has 0 radical (unpaired) electrons. The van der Waals surface area contributed by atoms with E-state index >= 15 is 0 Å². The Morgan fingerprint density at radius 2 is 2.11 bits per heavy atom. The molecule has 35 heavy (non-hydrogen) atoms. The maximum absolute atomic E-state index is 13.4. The van der Waals surface area contributed by atoms with Crippen molar-refractivity contribution in [2.24, 2.45) is 16.3 Å². The van der Waals surface area contributed by atoms with E-state index < -0.39 is 0 Å². The maximum atomic E-state index is 13.4. The average Bonchev–Trinajstić information content (AvgIpc) is 3.48. The number of para-hydroxylation sites is 1. The number of hydrogen-bond donors (Lipinski definition) is 1. The van der Waals surface area contributed by atoms with Crippen molar-refractivity contribution in [3.05, 3.63) is 63.9 Å². The van der Waals surface area contributed by atoms with Crippen molar-refractivity contribution in [2.45, 2.75) is 53.5 Å². The SMILES string of the molecule is CCOc1c(C=Nc2sc3c(c2C(=O)NCc2ccco2)CC[C@H](C(C)(C)C)C3)cccc1OC. The van der Waals surface area contributed by atoms with Gasteiger partial charge in [-0.2, -0.15) is 0 Å². The number of hydrogen-bond acceptors (Lipinski definition) is 6. The molecule has 1 aliphatic carbocycles. The third-order valence-corrected chi connectivity index (χ3v) is 7.70. The van der Waals surface area contributed by atoms with E-state index in [0.717, 1.165) is 41.2 Å². The zero-order valence-corrected chi connectivity index (χ0v) is 22.0. The zero-order chi connectivity index (χ0) is 25.0. The van der Waals surface area contributed by atoms with Crippen LogP contribution in [-0.4, -0.2) is 25.8 Å². The maximum Gasteiger partial charge on any atom is 0.255 e. The molecular weight excluding hydrogens is 460 g/mol. The van der Waals surface area contributed by atoms with Gasteiger partial charge in [-0.05, 0) is 67.3 Å². The van der Waals surface area contributed by atoms with Crippen LogP contribution in [0.4, 0.5) is 5.00 Å². The smallest absolute Gasteiger partial charge is 0.255 e. The van der Waals surface area contributed by atoms with Crippen molar-refractivity contribution in [3.63, 3.8) is 0 Å². The Labute approximate surface area is 211 Å². The van der Waals surface area contributed by atoms with E-state index in [1.165, 1.54) is 4.88 Å². The van der Waals surface area contributed by atoms with Crippen molar-refractivity contribution in [3.8, 4) is 11.5 Å². The molecule has 0 saturated heterocycles. The molecule has 0 spiro atoms. The van der Waals surface area contributed by atoms with Gasteiger partial charge in [0.2, 0.25) is 0 Å². The second-order valence-corrected chi connectivity index (χ2v) is 10.9. The number of fused-ring (bicyclic) bond motifs is 1. The number of thiophene rings is 1. The van der Waals surface area contributed by atoms with Gasteiger partial charge in [-0.3, -0.25) is 4.79 Å². The number of carbonyl (C=O) groups is 1. The molecule has 4 rings (SSSR count). The number of ether oxygens (including phenoxy) is 2. The van der Waals surface area contributed by atoms with E-state index in [1.807, 2.05) is 37.3 Å². The lowest BCUT2D eigenvalue weighted by atomic mass is 9.72. The quantitative estimate of drug-likeness (QED) is 0.359. The first kappa shape index (κ1) is 25.0. The molecular formula is C28H34N2O4S. The summed E-state index contributed by atoms with van der Waals surface area (Å²) >= 11 is 1.63. The Morgan fingerprint density at radius 3 is 2.80 bits per heavy atom. The molecule has 0 saturated carbocycles. The highest BCUT2D eigenvalue weighted by Gasteiger charge is 2.33. The Morgan fingerprint density at radius 1 is 1.29 bits per heavy atom. The van der Waals surface area contributed by atoms with Crippen molar-refractivity contribution >= 4 is 28.5 Å².